The van der Waals surface area contributed by atoms with Crippen molar-refractivity contribution in [2.75, 3.05) is 70.7 Å². The number of β-lactam (4-membered cyclic amide) rings is 4. The summed E-state index contributed by atoms with van der Waals surface area (Å²) in [6.07, 6.45) is 10.2. The number of aryl methyl sites for hydroxylation is 9. The number of pyridine rings is 4. The second kappa shape index (κ2) is 46.9. The van der Waals surface area contributed by atoms with E-state index in [9.17, 15) is 75.1 Å². The van der Waals surface area contributed by atoms with Crippen LogP contribution in [0.15, 0.2) is 183 Å². The number of urea groups is 4. The van der Waals surface area contributed by atoms with E-state index in [4.69, 9.17) is 22.9 Å². The number of hydrogen-bond acceptors (Lipinski definition) is 25. The Kier molecular flexibility index (Phi) is 34.3. The van der Waals surface area contributed by atoms with E-state index in [2.05, 4.69) is 66.7 Å². The lowest BCUT2D eigenvalue weighted by Gasteiger charge is -2.46. The first kappa shape index (κ1) is 109. The van der Waals surface area contributed by atoms with Crippen LogP contribution >= 0.6 is 0 Å². The third kappa shape index (κ3) is 24.1. The van der Waals surface area contributed by atoms with Crippen LogP contribution in [0.3, 0.4) is 0 Å². The molecular formula is C104H121F4N29O12. The average Bonchev–Trinajstić information content (AvgIpc) is 1.68. The summed E-state index contributed by atoms with van der Waals surface area (Å²) in [6, 6.07) is 30.5. The molecule has 4 fully saturated rings. The molecule has 0 saturated carbocycles. The topological polar surface area (TPSA) is 519 Å². The second-order valence-electron chi connectivity index (χ2n) is 37.1. The molecule has 782 valence electrons. The van der Waals surface area contributed by atoms with Crippen molar-refractivity contribution in [3.05, 3.63) is 279 Å². The molecule has 41 nitrogen and oxygen atoms in total. The quantitative estimate of drug-likeness (QED) is 0.0167. The highest BCUT2D eigenvalue weighted by Gasteiger charge is 2.60. The molecular weight excluding hydrogens is 1920 g/mol. The minimum absolute atomic E-state index is 0.0528. The first-order valence-electron chi connectivity index (χ1n) is 48.2. The number of anilines is 8. The highest BCUT2D eigenvalue weighted by atomic mass is 19.1. The van der Waals surface area contributed by atoms with Crippen molar-refractivity contribution >= 4 is 118 Å². The molecule has 0 bridgehead atoms. The van der Waals surface area contributed by atoms with Crippen LogP contribution in [0.4, 0.5) is 83.4 Å². The highest BCUT2D eigenvalue weighted by molar-refractivity contribution is 6.16. The van der Waals surface area contributed by atoms with Crippen molar-refractivity contribution in [3.8, 4) is 0 Å². The molecule has 4 aliphatic heterocycles. The Morgan fingerprint density at radius 3 is 1.06 bits per heavy atom. The van der Waals surface area contributed by atoms with Crippen LogP contribution in [0.2, 0.25) is 0 Å². The molecule has 0 unspecified atom stereocenters. The van der Waals surface area contributed by atoms with E-state index in [1.54, 1.807) is 185 Å². The van der Waals surface area contributed by atoms with Gasteiger partial charge in [0.1, 0.15) is 94.5 Å². The molecule has 12 atom stereocenters. The number of likely N-dealkylation sites (tertiary alicyclic amines) is 4. The maximum atomic E-state index is 14.6. The Morgan fingerprint density at radius 1 is 0.376 bits per heavy atom. The van der Waals surface area contributed by atoms with Crippen molar-refractivity contribution in [2.24, 2.45) is 51.9 Å². The number of benzene rings is 4. The minimum Gasteiger partial charge on any atom is -0.384 e. The summed E-state index contributed by atoms with van der Waals surface area (Å²) in [5.74, 6) is -6.15. The van der Waals surface area contributed by atoms with Gasteiger partial charge in [-0.3, -0.25) is 91.6 Å². The number of nitrogens with one attached hydrogen (secondary N) is 4. The Bertz CT molecular complexity index is 6480. The summed E-state index contributed by atoms with van der Waals surface area (Å²) >= 11 is 0. The highest BCUT2D eigenvalue weighted by Crippen LogP contribution is 2.41. The van der Waals surface area contributed by atoms with Gasteiger partial charge in [0, 0.05) is 109 Å². The number of amides is 16. The zero-order valence-electron chi connectivity index (χ0n) is 85.5. The maximum absolute atomic E-state index is 14.6. The number of aromatic nitrogens is 13. The first-order chi connectivity index (χ1) is 70.8. The van der Waals surface area contributed by atoms with Crippen molar-refractivity contribution in [2.45, 2.75) is 162 Å². The fraction of sp³-hybridized carbons (Fsp3) is 0.356. The van der Waals surface area contributed by atoms with Gasteiger partial charge in [0.15, 0.2) is 0 Å². The van der Waals surface area contributed by atoms with Gasteiger partial charge in [0.05, 0.1) is 66.4 Å². The van der Waals surface area contributed by atoms with Crippen molar-refractivity contribution in [1.82, 2.24) is 105 Å². The second-order valence-corrected chi connectivity index (χ2v) is 37.1. The molecule has 8 aromatic heterocycles. The summed E-state index contributed by atoms with van der Waals surface area (Å²) in [6.45, 7) is 16.3. The summed E-state index contributed by atoms with van der Waals surface area (Å²) in [7, 11) is 13.0. The normalized spacial score (nSPS) is 17.7. The Hall–Kier alpha value is -17.2. The molecule has 149 heavy (non-hydrogen) atoms. The molecule has 16 amide bonds. The third-order valence-electron chi connectivity index (χ3n) is 26.7. The van der Waals surface area contributed by atoms with Gasteiger partial charge < -0.3 is 48.8 Å². The van der Waals surface area contributed by atoms with Gasteiger partial charge in [-0.05, 0) is 210 Å². The first-order valence-corrected chi connectivity index (χ1v) is 48.2. The van der Waals surface area contributed by atoms with Gasteiger partial charge in [-0.15, -0.1) is 10.2 Å². The number of imide groups is 4. The summed E-state index contributed by atoms with van der Waals surface area (Å²) < 4.78 is 62.9. The Morgan fingerprint density at radius 2 is 0.711 bits per heavy atom. The van der Waals surface area contributed by atoms with E-state index in [1.807, 2.05) is 65.0 Å². The molecule has 12 N–H and O–H groups in total. The number of carbonyl (C=O) groups excluding carboxylic acids is 12. The number of nitrogens with two attached hydrogens (primary N) is 4. The van der Waals surface area contributed by atoms with Crippen LogP contribution in [0.1, 0.15) is 150 Å². The molecule has 12 aromatic rings. The van der Waals surface area contributed by atoms with E-state index in [1.165, 1.54) is 71.4 Å². The zero-order valence-corrected chi connectivity index (χ0v) is 85.5. The largest absolute Gasteiger partial charge is 0.384 e. The fourth-order valence-electron chi connectivity index (χ4n) is 19.1. The van der Waals surface area contributed by atoms with E-state index < -0.39 is 161 Å². The van der Waals surface area contributed by atoms with E-state index in [0.717, 1.165) is 71.2 Å². The van der Waals surface area contributed by atoms with Crippen LogP contribution in [-0.4, -0.2) is 207 Å². The van der Waals surface area contributed by atoms with Crippen LogP contribution in [0.5, 0.6) is 0 Å². The van der Waals surface area contributed by atoms with Crippen LogP contribution in [-0.2, 0) is 92.2 Å². The monoisotopic (exact) mass is 2040 g/mol. The van der Waals surface area contributed by atoms with E-state index >= 15 is 0 Å². The van der Waals surface area contributed by atoms with Gasteiger partial charge in [-0.1, -0.05) is 81.8 Å². The number of nitrogen functional groups attached to an aromatic ring is 4. The van der Waals surface area contributed by atoms with Gasteiger partial charge in [-0.2, -0.15) is 15.3 Å². The number of hydrogen-bond donors (Lipinski definition) is 8. The molecule has 16 rings (SSSR count). The van der Waals surface area contributed by atoms with Gasteiger partial charge in [0.25, 0.3) is 23.6 Å². The zero-order chi connectivity index (χ0) is 108. The van der Waals surface area contributed by atoms with Crippen LogP contribution in [0.25, 0.3) is 0 Å². The minimum atomic E-state index is -1.15. The molecule has 4 aromatic carbocycles. The molecule has 0 aliphatic carbocycles. The summed E-state index contributed by atoms with van der Waals surface area (Å²) in [4.78, 5) is 187. The molecule has 4 aliphatic rings. The summed E-state index contributed by atoms with van der Waals surface area (Å²) in [5.41, 5.74) is 31.8. The van der Waals surface area contributed by atoms with Crippen molar-refractivity contribution in [3.63, 3.8) is 0 Å². The predicted molar refractivity (Wildman–Crippen MR) is 546 cm³/mol. The summed E-state index contributed by atoms with van der Waals surface area (Å²) in [5, 5.41) is 31.2. The Balaban J connectivity index is 0.000000166. The average molecular weight is 2050 g/mol. The lowest BCUT2D eigenvalue weighted by atomic mass is 9.81. The standard InChI is InChI=1S/2C27H32FN7O3.C26H29F2N7O3.C24H28N8O3/c1-6-21(19-14-18(28)8-7-15(19)2)32-27(38)35-24(26(37)33(4)23-9-10-30-34(23)5)20(25(35)36)12-17-11-16(3)31-22(29)13-17;1-6-21(18-11-15(2)7-8-20(18)28)32-27(38)35-24(26(37)33(4)23-9-10-30-34(23)5)19(25(35)36)13-17-12-16(3)31-22(29)14-17;1-5-20(17-13-16(27)6-7-19(17)28)32-26(38)35-23(25(37)33(3)22-8-9-30-34(22)4)18(24(35)36)11-15-10-14(2)31-21(29)12-15;1-4-18(16-8-6-5-7-9-16)28-24(35)32-20(22(34)31(3)23-29-27-14-30(23)2)17(21(32)33)12-15-10-11-26-19(25)13-15/h7-11,13-14,20-21,24H,6,12H2,1-5H3,(H2,29,31)(H,32,38);7-12,14,19,21,24H,6,13H2,1-5H3,(H2,29,31)(H,32,38);6-10,12-13,18,20,23H,5,11H2,1-4H3,(H2,29,31)(H,32,38);5-11,13-14,17-18,20H,4,12H2,1-3H3,(H2,25,26)(H,28,35)/t20-,21-,24+;19-,21-,24+;18-,20-,23+;17-,18-,20+/m1111/s1. The third-order valence-corrected chi connectivity index (χ3v) is 26.7. The predicted octanol–water partition coefficient (Wildman–Crippen LogP) is 10.7. The van der Waals surface area contributed by atoms with Crippen LogP contribution < -0.4 is 63.8 Å². The maximum Gasteiger partial charge on any atom is 0.325 e. The molecule has 0 radical (unpaired) electrons. The lowest BCUT2D eigenvalue weighted by molar-refractivity contribution is -0.156. The fourth-order valence-corrected chi connectivity index (χ4v) is 19.1. The number of nitrogens with zero attached hydrogens (tertiary/aromatic N) is 21. The molecule has 4 saturated heterocycles. The number of rotatable bonds is 28. The van der Waals surface area contributed by atoms with Gasteiger partial charge >= 0.3 is 24.1 Å². The number of halogens is 4. The van der Waals surface area contributed by atoms with Crippen LogP contribution in [0, 0.1) is 81.6 Å². The smallest absolute Gasteiger partial charge is 0.325 e. The van der Waals surface area contributed by atoms with E-state index in [-0.39, 0.29) is 49.5 Å². The molecule has 12 heterocycles. The van der Waals surface area contributed by atoms with Crippen molar-refractivity contribution < 1.29 is 75.1 Å². The molecule has 45 heteroatoms. The number of carbonyl (C=O) groups is 12. The SMILES string of the molecule is CC[C@@H](NC(=O)N1C(=O)[C@H](Cc2cc(C)nc(N)c2)[C@H]1C(=O)N(C)c1ccnn1C)c1cc(C)ccc1F.CC[C@@H](NC(=O)N1C(=O)[C@H](Cc2cc(C)nc(N)c2)[C@H]1C(=O)N(C)c1ccnn1C)c1cc(F)ccc1C.CC[C@@H](NC(=O)N1C(=O)[C@H](Cc2cc(C)nc(N)c2)[C@H]1C(=O)N(C)c1ccnn1C)c1cc(F)ccc1F.CC[C@@H](NC(=O)N1C(=O)[C@H](Cc2ccnc(N)c2)[C@H]1C(=O)N(C)c1nncn1C)c1ccccc1. The lowest BCUT2D eigenvalue weighted by Crippen LogP contribution is -2.70. The van der Waals surface area contributed by atoms with Gasteiger partial charge in [-0.25, -0.2) is 56.7 Å². The van der Waals surface area contributed by atoms with E-state index in [0.29, 0.717) is 93.9 Å². The van der Waals surface area contributed by atoms with Crippen molar-refractivity contribution in [1.29, 1.82) is 0 Å². The number of likely N-dealkylation sites (N-methyl/N-ethyl adjacent to an activating group) is 4. The van der Waals surface area contributed by atoms with Gasteiger partial charge in [0.2, 0.25) is 29.6 Å². The molecule has 0 spiro atoms. The Labute approximate surface area is 857 Å².